The zero-order chi connectivity index (χ0) is 10.2. The monoisotopic (exact) mass is 236 g/mol. The number of hydrogen-bond acceptors (Lipinski definition) is 5. The molecule has 2 fully saturated rings. The van der Waals surface area contributed by atoms with Crippen LogP contribution in [0, 0.1) is 0 Å². The van der Waals surface area contributed by atoms with Crippen LogP contribution in [0.3, 0.4) is 0 Å². The van der Waals surface area contributed by atoms with Crippen LogP contribution in [0.1, 0.15) is 12.8 Å². The fraction of sp³-hybridized carbons (Fsp3) is 0.857. The maximum absolute atomic E-state index is 11.4. The first-order chi connectivity index (χ1) is 6.59. The second-order valence-electron chi connectivity index (χ2n) is 3.48. The van der Waals surface area contributed by atoms with Crippen molar-refractivity contribution in [3.05, 3.63) is 0 Å². The fourth-order valence-electron chi connectivity index (χ4n) is 1.24. The smallest absolute Gasteiger partial charge is 0.251 e. The van der Waals surface area contributed by atoms with Crippen LogP contribution in [-0.4, -0.2) is 37.2 Å². The first-order valence-electron chi connectivity index (χ1n) is 4.46. The number of carbonyl (C=O) groups is 1. The number of rotatable bonds is 3. The van der Waals surface area contributed by atoms with E-state index in [-0.39, 0.29) is 11.3 Å². The van der Waals surface area contributed by atoms with E-state index < -0.39 is 15.9 Å². The Morgan fingerprint density at radius 1 is 1.43 bits per heavy atom. The molecule has 2 rings (SSSR count). The Bertz CT molecular complexity index is 331. The van der Waals surface area contributed by atoms with E-state index in [2.05, 4.69) is 10.0 Å². The lowest BCUT2D eigenvalue weighted by Crippen LogP contribution is -2.45. The molecule has 1 saturated carbocycles. The van der Waals surface area contributed by atoms with Crippen molar-refractivity contribution in [1.82, 2.24) is 10.0 Å². The van der Waals surface area contributed by atoms with Gasteiger partial charge in [-0.1, -0.05) is 0 Å². The van der Waals surface area contributed by atoms with Gasteiger partial charge in [-0.2, -0.15) is 0 Å². The molecule has 0 spiro atoms. The van der Waals surface area contributed by atoms with Gasteiger partial charge in [0.1, 0.15) is 0 Å². The molecule has 0 aromatic heterocycles. The number of carbonyl (C=O) groups excluding carboxylic acids is 1. The average molecular weight is 236 g/mol. The molecule has 0 bridgehead atoms. The Morgan fingerprint density at radius 3 is 2.64 bits per heavy atom. The van der Waals surface area contributed by atoms with Crippen molar-refractivity contribution in [3.8, 4) is 0 Å². The van der Waals surface area contributed by atoms with E-state index in [9.17, 15) is 13.2 Å². The molecule has 5 nitrogen and oxygen atoms in total. The van der Waals surface area contributed by atoms with E-state index in [4.69, 9.17) is 0 Å². The summed E-state index contributed by atoms with van der Waals surface area (Å²) < 4.78 is 24.9. The summed E-state index contributed by atoms with van der Waals surface area (Å²) in [6, 6.07) is -0.353. The van der Waals surface area contributed by atoms with Gasteiger partial charge in [-0.25, -0.2) is 8.42 Å². The van der Waals surface area contributed by atoms with Crippen molar-refractivity contribution in [2.45, 2.75) is 24.1 Å². The summed E-state index contributed by atoms with van der Waals surface area (Å²) in [7, 11) is -3.37. The molecule has 1 aliphatic heterocycles. The van der Waals surface area contributed by atoms with Crippen LogP contribution >= 0.6 is 11.8 Å². The predicted octanol–water partition coefficient (Wildman–Crippen LogP) is -0.743. The molecule has 80 valence electrons. The number of nitrogens with one attached hydrogen (secondary N) is 2. The molecule has 1 unspecified atom stereocenters. The van der Waals surface area contributed by atoms with Crippen LogP contribution < -0.4 is 10.0 Å². The van der Waals surface area contributed by atoms with E-state index in [0.29, 0.717) is 24.5 Å². The van der Waals surface area contributed by atoms with Crippen molar-refractivity contribution in [2.24, 2.45) is 0 Å². The Hall–Kier alpha value is -0.270. The van der Waals surface area contributed by atoms with Crippen molar-refractivity contribution < 1.29 is 13.2 Å². The summed E-state index contributed by atoms with van der Waals surface area (Å²) in [4.78, 5) is 11.4. The van der Waals surface area contributed by atoms with Crippen molar-refractivity contribution in [1.29, 1.82) is 0 Å². The van der Waals surface area contributed by atoms with Gasteiger partial charge in [0, 0.05) is 11.6 Å². The van der Waals surface area contributed by atoms with Gasteiger partial charge in [-0.15, -0.1) is 11.8 Å². The summed E-state index contributed by atoms with van der Waals surface area (Å²) in [5, 5.41) is 2.59. The molecule has 14 heavy (non-hydrogen) atoms. The standard InChI is InChI=1S/C7H12N2O3S2/c10-7(6-3-13-4-8-6)9-14(11,12)5-1-2-5/h5-6,8H,1-4H2,(H,9,10). The SMILES string of the molecule is O=C(NS(=O)(=O)C1CC1)C1CSCN1. The first-order valence-corrected chi connectivity index (χ1v) is 7.16. The molecule has 0 radical (unpaired) electrons. The minimum absolute atomic E-state index is 0.333. The number of amides is 1. The van der Waals surface area contributed by atoms with E-state index in [1.807, 2.05) is 0 Å². The van der Waals surface area contributed by atoms with Crippen LogP contribution in [0.5, 0.6) is 0 Å². The lowest BCUT2D eigenvalue weighted by Gasteiger charge is -2.10. The van der Waals surface area contributed by atoms with Gasteiger partial charge in [-0.3, -0.25) is 14.8 Å². The van der Waals surface area contributed by atoms with E-state index in [0.717, 1.165) is 0 Å². The second-order valence-corrected chi connectivity index (χ2v) is 6.47. The van der Waals surface area contributed by atoms with Crippen LogP contribution in [0.25, 0.3) is 0 Å². The number of sulfonamides is 1. The van der Waals surface area contributed by atoms with Crippen LogP contribution in [0.4, 0.5) is 0 Å². The molecular formula is C7H12N2O3S2. The molecule has 1 saturated heterocycles. The highest BCUT2D eigenvalue weighted by molar-refractivity contribution is 7.99. The van der Waals surface area contributed by atoms with Crippen molar-refractivity contribution in [2.75, 3.05) is 11.6 Å². The van der Waals surface area contributed by atoms with Crippen molar-refractivity contribution >= 4 is 27.7 Å². The maximum atomic E-state index is 11.4. The minimum atomic E-state index is -3.37. The van der Waals surface area contributed by atoms with E-state index >= 15 is 0 Å². The summed E-state index contributed by atoms with van der Waals surface area (Å²) in [5.41, 5.74) is 0. The number of hydrogen-bond donors (Lipinski definition) is 2. The quantitative estimate of drug-likeness (QED) is 0.675. The maximum Gasteiger partial charge on any atom is 0.251 e. The van der Waals surface area contributed by atoms with Crippen LogP contribution in [0.15, 0.2) is 0 Å². The largest absolute Gasteiger partial charge is 0.296 e. The molecule has 2 aliphatic rings. The molecule has 0 aromatic rings. The summed E-state index contributed by atoms with van der Waals surface area (Å²) in [5.74, 6) is 0.940. The highest BCUT2D eigenvalue weighted by Gasteiger charge is 2.38. The third-order valence-electron chi connectivity index (χ3n) is 2.24. The van der Waals surface area contributed by atoms with Crippen LogP contribution in [-0.2, 0) is 14.8 Å². The highest BCUT2D eigenvalue weighted by atomic mass is 32.2. The zero-order valence-electron chi connectivity index (χ0n) is 7.52. The molecule has 1 atom stereocenters. The lowest BCUT2D eigenvalue weighted by atomic mass is 10.3. The first kappa shape index (κ1) is 10.3. The summed E-state index contributed by atoms with van der Waals surface area (Å²) in [6.07, 6.45) is 1.35. The van der Waals surface area contributed by atoms with Gasteiger partial charge in [-0.05, 0) is 12.8 Å². The summed E-state index contributed by atoms with van der Waals surface area (Å²) >= 11 is 1.59. The van der Waals surface area contributed by atoms with E-state index in [1.54, 1.807) is 11.8 Å². The Labute approximate surface area is 87.1 Å². The van der Waals surface area contributed by atoms with Gasteiger partial charge in [0.25, 0.3) is 5.91 Å². The summed E-state index contributed by atoms with van der Waals surface area (Å²) in [6.45, 7) is 0. The van der Waals surface area contributed by atoms with E-state index in [1.165, 1.54) is 0 Å². The lowest BCUT2D eigenvalue weighted by molar-refractivity contribution is -0.120. The molecule has 7 heteroatoms. The predicted molar refractivity (Wildman–Crippen MR) is 54.3 cm³/mol. The highest BCUT2D eigenvalue weighted by Crippen LogP contribution is 2.27. The Morgan fingerprint density at radius 2 is 2.14 bits per heavy atom. The molecule has 0 aromatic carbocycles. The molecule has 1 aliphatic carbocycles. The average Bonchev–Trinajstić information content (AvgIpc) is 2.82. The molecule has 2 N–H and O–H groups in total. The molecular weight excluding hydrogens is 224 g/mol. The molecule has 1 heterocycles. The normalized spacial score (nSPS) is 27.6. The van der Waals surface area contributed by atoms with Gasteiger partial charge in [0.05, 0.1) is 11.3 Å². The van der Waals surface area contributed by atoms with Gasteiger partial charge in [0.2, 0.25) is 10.0 Å². The van der Waals surface area contributed by atoms with Crippen molar-refractivity contribution in [3.63, 3.8) is 0 Å². The third kappa shape index (κ3) is 2.21. The fourth-order valence-corrected chi connectivity index (χ4v) is 3.52. The van der Waals surface area contributed by atoms with Gasteiger partial charge in [0.15, 0.2) is 0 Å². The van der Waals surface area contributed by atoms with Gasteiger partial charge >= 0.3 is 0 Å². The minimum Gasteiger partial charge on any atom is -0.296 e. The zero-order valence-corrected chi connectivity index (χ0v) is 9.16. The second kappa shape index (κ2) is 3.71. The van der Waals surface area contributed by atoms with Crippen LogP contribution in [0.2, 0.25) is 0 Å². The molecule has 1 amide bonds. The Kier molecular flexibility index (Phi) is 2.72. The van der Waals surface area contributed by atoms with Gasteiger partial charge < -0.3 is 0 Å². The third-order valence-corrected chi connectivity index (χ3v) is 5.01. The Balaban J connectivity index is 1.93. The topological polar surface area (TPSA) is 75.3 Å². The number of thioether (sulfide) groups is 1.